The third-order valence-corrected chi connectivity index (χ3v) is 3.69. The van der Waals surface area contributed by atoms with Crippen molar-refractivity contribution in [1.82, 2.24) is 0 Å². The lowest BCUT2D eigenvalue weighted by Crippen LogP contribution is -2.31. The zero-order chi connectivity index (χ0) is 18.4. The van der Waals surface area contributed by atoms with E-state index in [9.17, 15) is 9.59 Å². The first kappa shape index (κ1) is 18.5. The molecule has 2 aromatic rings. The molecule has 0 aromatic heterocycles. The van der Waals surface area contributed by atoms with Crippen LogP contribution in [0.4, 0.5) is 5.69 Å². The van der Waals surface area contributed by atoms with Crippen LogP contribution in [0.25, 0.3) is 0 Å². The number of carbonyl (C=O) groups excluding carboxylic acids is 2. The van der Waals surface area contributed by atoms with Crippen molar-refractivity contribution in [3.05, 3.63) is 59.2 Å². The van der Waals surface area contributed by atoms with E-state index in [0.717, 1.165) is 16.7 Å². The van der Waals surface area contributed by atoms with Gasteiger partial charge in [-0.2, -0.15) is 0 Å². The van der Waals surface area contributed by atoms with Crippen molar-refractivity contribution in [1.29, 1.82) is 0 Å². The molecule has 25 heavy (non-hydrogen) atoms. The highest BCUT2D eigenvalue weighted by Crippen LogP contribution is 2.19. The maximum Gasteiger partial charge on any atom is 0.344 e. The summed E-state index contributed by atoms with van der Waals surface area (Å²) in [5.41, 5.74) is 3.73. The fourth-order valence-electron chi connectivity index (χ4n) is 2.16. The van der Waals surface area contributed by atoms with E-state index in [1.54, 1.807) is 12.1 Å². The van der Waals surface area contributed by atoms with Crippen LogP contribution in [0.1, 0.15) is 23.6 Å². The van der Waals surface area contributed by atoms with Gasteiger partial charge in [-0.25, -0.2) is 4.79 Å². The summed E-state index contributed by atoms with van der Waals surface area (Å²) < 4.78 is 10.6. The molecule has 132 valence electrons. The molecule has 0 bridgehead atoms. The van der Waals surface area contributed by atoms with Crippen molar-refractivity contribution in [2.24, 2.45) is 0 Å². The summed E-state index contributed by atoms with van der Waals surface area (Å²) in [5, 5.41) is 2.71. The Morgan fingerprint density at radius 1 is 1.00 bits per heavy atom. The highest BCUT2D eigenvalue weighted by Gasteiger charge is 2.18. The summed E-state index contributed by atoms with van der Waals surface area (Å²) in [6.45, 7) is 7.09. The van der Waals surface area contributed by atoms with Crippen molar-refractivity contribution >= 4 is 17.6 Å². The van der Waals surface area contributed by atoms with Crippen LogP contribution in [0.3, 0.4) is 0 Å². The normalized spacial score (nSPS) is 11.5. The molecule has 5 nitrogen and oxygen atoms in total. The predicted octanol–water partition coefficient (Wildman–Crippen LogP) is 3.56. The standard InChI is InChI=1S/C20H23NO4/c1-13-6-9-17(10-7-13)21-20(23)16(4)25-19(22)12-24-18-11-14(2)5-8-15(18)3/h5-11,16H,12H2,1-4H3,(H,21,23)/t16-/m0/s1. The molecule has 1 amide bonds. The van der Waals surface area contributed by atoms with E-state index in [4.69, 9.17) is 9.47 Å². The molecule has 2 aromatic carbocycles. The van der Waals surface area contributed by atoms with Gasteiger partial charge in [0.2, 0.25) is 0 Å². The Bertz CT molecular complexity index is 753. The zero-order valence-electron chi connectivity index (χ0n) is 15.0. The molecule has 1 N–H and O–H groups in total. The summed E-state index contributed by atoms with van der Waals surface area (Å²) in [6, 6.07) is 13.1. The number of benzene rings is 2. The second-order valence-corrected chi connectivity index (χ2v) is 6.04. The number of aryl methyl sites for hydroxylation is 3. The second-order valence-electron chi connectivity index (χ2n) is 6.04. The fourth-order valence-corrected chi connectivity index (χ4v) is 2.16. The lowest BCUT2D eigenvalue weighted by molar-refractivity contribution is -0.155. The molecule has 0 unspecified atom stereocenters. The van der Waals surface area contributed by atoms with Crippen LogP contribution < -0.4 is 10.1 Å². The van der Waals surface area contributed by atoms with Crippen LogP contribution in [-0.4, -0.2) is 24.6 Å². The number of rotatable bonds is 6. The van der Waals surface area contributed by atoms with Gasteiger partial charge in [-0.3, -0.25) is 4.79 Å². The quantitative estimate of drug-likeness (QED) is 0.816. The minimum Gasteiger partial charge on any atom is -0.482 e. The molecule has 0 saturated heterocycles. The number of amides is 1. The molecule has 0 radical (unpaired) electrons. The first-order chi connectivity index (χ1) is 11.8. The van der Waals surface area contributed by atoms with Crippen molar-refractivity contribution in [3.63, 3.8) is 0 Å². The molecule has 0 aliphatic heterocycles. The summed E-state index contributed by atoms with van der Waals surface area (Å²) in [4.78, 5) is 24.0. The highest BCUT2D eigenvalue weighted by atomic mass is 16.6. The van der Waals surface area contributed by atoms with Crippen LogP contribution in [0.15, 0.2) is 42.5 Å². The lowest BCUT2D eigenvalue weighted by Gasteiger charge is -2.14. The molecule has 0 spiro atoms. The Hall–Kier alpha value is -2.82. The molecule has 0 fully saturated rings. The largest absolute Gasteiger partial charge is 0.482 e. The molecule has 0 aliphatic carbocycles. The van der Waals surface area contributed by atoms with Gasteiger partial charge in [0, 0.05) is 5.69 Å². The van der Waals surface area contributed by atoms with Crippen LogP contribution in [0, 0.1) is 20.8 Å². The smallest absolute Gasteiger partial charge is 0.344 e. The van der Waals surface area contributed by atoms with Crippen LogP contribution in [-0.2, 0) is 14.3 Å². The predicted molar refractivity (Wildman–Crippen MR) is 96.8 cm³/mol. The number of hydrogen-bond acceptors (Lipinski definition) is 4. The molecule has 1 atom stereocenters. The van der Waals surface area contributed by atoms with E-state index in [2.05, 4.69) is 5.32 Å². The Kier molecular flexibility index (Phi) is 6.17. The first-order valence-corrected chi connectivity index (χ1v) is 8.12. The van der Waals surface area contributed by atoms with Gasteiger partial charge in [-0.15, -0.1) is 0 Å². The number of hydrogen-bond donors (Lipinski definition) is 1. The van der Waals surface area contributed by atoms with E-state index in [1.807, 2.05) is 51.1 Å². The van der Waals surface area contributed by atoms with E-state index >= 15 is 0 Å². The average molecular weight is 341 g/mol. The maximum atomic E-state index is 12.1. The summed E-state index contributed by atoms with van der Waals surface area (Å²) in [6.07, 6.45) is -0.906. The Balaban J connectivity index is 1.83. The maximum absolute atomic E-state index is 12.1. The molecule has 0 heterocycles. The van der Waals surface area contributed by atoms with Gasteiger partial charge in [0.25, 0.3) is 5.91 Å². The Morgan fingerprint density at radius 3 is 2.32 bits per heavy atom. The van der Waals surface area contributed by atoms with Gasteiger partial charge in [0.1, 0.15) is 5.75 Å². The van der Waals surface area contributed by atoms with Gasteiger partial charge in [0.05, 0.1) is 0 Å². The molecular weight excluding hydrogens is 318 g/mol. The van der Waals surface area contributed by atoms with E-state index in [-0.39, 0.29) is 12.5 Å². The van der Waals surface area contributed by atoms with Crippen molar-refractivity contribution < 1.29 is 19.1 Å². The van der Waals surface area contributed by atoms with Crippen molar-refractivity contribution in [3.8, 4) is 5.75 Å². The van der Waals surface area contributed by atoms with E-state index in [0.29, 0.717) is 11.4 Å². The molecule has 2 rings (SSSR count). The Labute approximate surface area is 148 Å². The topological polar surface area (TPSA) is 64.6 Å². The zero-order valence-corrected chi connectivity index (χ0v) is 15.0. The van der Waals surface area contributed by atoms with Gasteiger partial charge in [0.15, 0.2) is 12.7 Å². The number of carbonyl (C=O) groups is 2. The number of esters is 1. The molecule has 5 heteroatoms. The van der Waals surface area contributed by atoms with E-state index in [1.165, 1.54) is 6.92 Å². The van der Waals surface area contributed by atoms with Crippen molar-refractivity contribution in [2.45, 2.75) is 33.8 Å². The second kappa shape index (κ2) is 8.33. The molecule has 0 aliphatic rings. The third-order valence-electron chi connectivity index (χ3n) is 3.69. The number of anilines is 1. The van der Waals surface area contributed by atoms with Gasteiger partial charge in [-0.1, -0.05) is 29.8 Å². The fraction of sp³-hybridized carbons (Fsp3) is 0.300. The molecular formula is C20H23NO4. The highest BCUT2D eigenvalue weighted by molar-refractivity contribution is 5.95. The number of ether oxygens (including phenoxy) is 2. The number of nitrogens with one attached hydrogen (secondary N) is 1. The van der Waals surface area contributed by atoms with Gasteiger partial charge < -0.3 is 14.8 Å². The summed E-state index contributed by atoms with van der Waals surface area (Å²) in [5.74, 6) is -0.342. The summed E-state index contributed by atoms with van der Waals surface area (Å²) >= 11 is 0. The average Bonchev–Trinajstić information content (AvgIpc) is 2.57. The van der Waals surface area contributed by atoms with Gasteiger partial charge >= 0.3 is 5.97 Å². The van der Waals surface area contributed by atoms with Crippen LogP contribution >= 0.6 is 0 Å². The SMILES string of the molecule is Cc1ccc(NC(=O)[C@H](C)OC(=O)COc2cc(C)ccc2C)cc1. The summed E-state index contributed by atoms with van der Waals surface area (Å²) in [7, 11) is 0. The van der Waals surface area contributed by atoms with Gasteiger partial charge in [-0.05, 0) is 57.0 Å². The first-order valence-electron chi connectivity index (χ1n) is 8.12. The molecule has 0 saturated carbocycles. The minimum absolute atomic E-state index is 0.244. The lowest BCUT2D eigenvalue weighted by atomic mass is 10.1. The van der Waals surface area contributed by atoms with Crippen molar-refractivity contribution in [2.75, 3.05) is 11.9 Å². The van der Waals surface area contributed by atoms with Crippen LogP contribution in [0.2, 0.25) is 0 Å². The monoisotopic (exact) mass is 341 g/mol. The van der Waals surface area contributed by atoms with Crippen LogP contribution in [0.5, 0.6) is 5.75 Å². The minimum atomic E-state index is -0.906. The van der Waals surface area contributed by atoms with E-state index < -0.39 is 12.1 Å². The Morgan fingerprint density at radius 2 is 1.64 bits per heavy atom. The third kappa shape index (κ3) is 5.64.